The summed E-state index contributed by atoms with van der Waals surface area (Å²) in [6.45, 7) is 3.95. The number of carbonyl (C=O) groups excluding carboxylic acids is 1. The summed E-state index contributed by atoms with van der Waals surface area (Å²) in [5.74, 6) is 0.229. The molecule has 1 amide bonds. The Hall–Kier alpha value is -0.610. The highest BCUT2D eigenvalue weighted by Gasteiger charge is 2.22. The minimum absolute atomic E-state index is 0.170. The summed E-state index contributed by atoms with van der Waals surface area (Å²) in [5, 5.41) is 3.27. The lowest BCUT2D eigenvalue weighted by atomic mass is 10.1. The lowest BCUT2D eigenvalue weighted by Gasteiger charge is -2.24. The molecule has 0 bridgehead atoms. The standard InChI is InChI=1S/C11H22N2O2/c1-9(15-3)4-5-11(14)13(2)10-6-7-12-8-10/h9-10,12H,4-8H2,1-3H3. The van der Waals surface area contributed by atoms with Gasteiger partial charge in [-0.15, -0.1) is 0 Å². The highest BCUT2D eigenvalue weighted by Crippen LogP contribution is 2.10. The molecule has 0 aromatic rings. The van der Waals surface area contributed by atoms with Gasteiger partial charge in [-0.1, -0.05) is 0 Å². The lowest BCUT2D eigenvalue weighted by molar-refractivity contribution is -0.132. The van der Waals surface area contributed by atoms with Crippen LogP contribution in [-0.4, -0.2) is 50.2 Å². The normalized spacial score (nSPS) is 22.7. The second-order valence-corrected chi connectivity index (χ2v) is 4.24. The third kappa shape index (κ3) is 3.80. The van der Waals surface area contributed by atoms with Crippen LogP contribution in [0.5, 0.6) is 0 Å². The van der Waals surface area contributed by atoms with Crippen LogP contribution >= 0.6 is 0 Å². The zero-order chi connectivity index (χ0) is 11.3. The number of methoxy groups -OCH3 is 1. The van der Waals surface area contributed by atoms with E-state index in [1.54, 1.807) is 7.11 Å². The number of hydrogen-bond donors (Lipinski definition) is 1. The highest BCUT2D eigenvalue weighted by atomic mass is 16.5. The van der Waals surface area contributed by atoms with Crippen molar-refractivity contribution in [2.75, 3.05) is 27.2 Å². The van der Waals surface area contributed by atoms with E-state index in [-0.39, 0.29) is 12.0 Å². The zero-order valence-corrected chi connectivity index (χ0v) is 9.95. The van der Waals surface area contributed by atoms with Gasteiger partial charge in [0.25, 0.3) is 0 Å². The van der Waals surface area contributed by atoms with Crippen molar-refractivity contribution in [1.29, 1.82) is 0 Å². The smallest absolute Gasteiger partial charge is 0.222 e. The summed E-state index contributed by atoms with van der Waals surface area (Å²) in [7, 11) is 3.58. The number of carbonyl (C=O) groups is 1. The molecule has 1 aliphatic heterocycles. The van der Waals surface area contributed by atoms with Crippen LogP contribution in [0.4, 0.5) is 0 Å². The molecule has 4 nitrogen and oxygen atoms in total. The molecule has 0 saturated carbocycles. The fourth-order valence-corrected chi connectivity index (χ4v) is 1.79. The number of nitrogens with zero attached hydrogens (tertiary/aromatic N) is 1. The third-order valence-electron chi connectivity index (χ3n) is 3.14. The number of likely N-dealkylation sites (N-methyl/N-ethyl adjacent to an activating group) is 1. The maximum atomic E-state index is 11.8. The Morgan fingerprint density at radius 1 is 1.67 bits per heavy atom. The van der Waals surface area contributed by atoms with Gasteiger partial charge in [-0.3, -0.25) is 4.79 Å². The van der Waals surface area contributed by atoms with Crippen LogP contribution in [0.3, 0.4) is 0 Å². The first-order valence-corrected chi connectivity index (χ1v) is 5.64. The van der Waals surface area contributed by atoms with E-state index in [0.717, 1.165) is 25.9 Å². The van der Waals surface area contributed by atoms with E-state index in [1.165, 1.54) is 0 Å². The molecule has 1 rings (SSSR count). The quantitative estimate of drug-likeness (QED) is 0.729. The van der Waals surface area contributed by atoms with Crippen molar-refractivity contribution in [3.05, 3.63) is 0 Å². The zero-order valence-electron chi connectivity index (χ0n) is 9.95. The average Bonchev–Trinajstić information content (AvgIpc) is 2.77. The van der Waals surface area contributed by atoms with Crippen LogP contribution < -0.4 is 5.32 Å². The van der Waals surface area contributed by atoms with E-state index in [4.69, 9.17) is 4.74 Å². The number of ether oxygens (including phenoxy) is 1. The predicted octanol–water partition coefficient (Wildman–Crippen LogP) is 0.622. The Kier molecular flexibility index (Phi) is 5.05. The van der Waals surface area contributed by atoms with Gasteiger partial charge in [-0.25, -0.2) is 0 Å². The summed E-state index contributed by atoms with van der Waals surface area (Å²) in [5.41, 5.74) is 0. The average molecular weight is 214 g/mol. The summed E-state index contributed by atoms with van der Waals surface area (Å²) in [6, 6.07) is 0.385. The van der Waals surface area contributed by atoms with E-state index < -0.39 is 0 Å². The SMILES string of the molecule is COC(C)CCC(=O)N(C)C1CCNC1. The molecule has 4 heteroatoms. The van der Waals surface area contributed by atoms with Gasteiger partial charge in [0, 0.05) is 33.2 Å². The molecular weight excluding hydrogens is 192 g/mol. The third-order valence-corrected chi connectivity index (χ3v) is 3.14. The van der Waals surface area contributed by atoms with Gasteiger partial charge in [-0.05, 0) is 26.3 Å². The molecule has 15 heavy (non-hydrogen) atoms. The van der Waals surface area contributed by atoms with Crippen LogP contribution in [-0.2, 0) is 9.53 Å². The van der Waals surface area contributed by atoms with Crippen LogP contribution in [0, 0.1) is 0 Å². The molecule has 1 fully saturated rings. The van der Waals surface area contributed by atoms with Crippen LogP contribution in [0.15, 0.2) is 0 Å². The molecule has 1 N–H and O–H groups in total. The molecule has 0 radical (unpaired) electrons. The molecule has 0 aliphatic carbocycles. The number of rotatable bonds is 5. The van der Waals surface area contributed by atoms with Crippen molar-refractivity contribution in [3.8, 4) is 0 Å². The second kappa shape index (κ2) is 6.08. The highest BCUT2D eigenvalue weighted by molar-refractivity contribution is 5.76. The van der Waals surface area contributed by atoms with Crippen molar-refractivity contribution in [3.63, 3.8) is 0 Å². The fourth-order valence-electron chi connectivity index (χ4n) is 1.79. The second-order valence-electron chi connectivity index (χ2n) is 4.24. The number of nitrogens with one attached hydrogen (secondary N) is 1. The molecule has 2 unspecified atom stereocenters. The number of hydrogen-bond acceptors (Lipinski definition) is 3. The van der Waals surface area contributed by atoms with E-state index >= 15 is 0 Å². The first-order valence-electron chi connectivity index (χ1n) is 5.64. The minimum atomic E-state index is 0.170. The van der Waals surface area contributed by atoms with Crippen molar-refractivity contribution in [1.82, 2.24) is 10.2 Å². The van der Waals surface area contributed by atoms with E-state index in [2.05, 4.69) is 5.32 Å². The van der Waals surface area contributed by atoms with Crippen molar-refractivity contribution in [2.45, 2.75) is 38.3 Å². The Labute approximate surface area is 92.0 Å². The predicted molar refractivity (Wildman–Crippen MR) is 59.7 cm³/mol. The first kappa shape index (κ1) is 12.5. The Morgan fingerprint density at radius 2 is 2.40 bits per heavy atom. The van der Waals surface area contributed by atoms with Crippen LogP contribution in [0.2, 0.25) is 0 Å². The van der Waals surface area contributed by atoms with Crippen LogP contribution in [0.1, 0.15) is 26.2 Å². The van der Waals surface area contributed by atoms with Crippen molar-refractivity contribution in [2.24, 2.45) is 0 Å². The molecule has 1 saturated heterocycles. The number of amides is 1. The largest absolute Gasteiger partial charge is 0.382 e. The van der Waals surface area contributed by atoms with Gasteiger partial charge < -0.3 is 15.0 Å². The first-order chi connectivity index (χ1) is 7.15. The molecule has 0 aromatic carbocycles. The summed E-state index contributed by atoms with van der Waals surface area (Å²) < 4.78 is 5.12. The molecule has 88 valence electrons. The van der Waals surface area contributed by atoms with E-state index in [0.29, 0.717) is 12.5 Å². The monoisotopic (exact) mass is 214 g/mol. The van der Waals surface area contributed by atoms with Gasteiger partial charge in [0.1, 0.15) is 0 Å². The van der Waals surface area contributed by atoms with Gasteiger partial charge in [0.2, 0.25) is 5.91 Å². The maximum Gasteiger partial charge on any atom is 0.222 e. The van der Waals surface area contributed by atoms with Gasteiger partial charge in [0.05, 0.1) is 6.10 Å². The van der Waals surface area contributed by atoms with Crippen molar-refractivity contribution < 1.29 is 9.53 Å². The van der Waals surface area contributed by atoms with Gasteiger partial charge in [0.15, 0.2) is 0 Å². The maximum absolute atomic E-state index is 11.8. The van der Waals surface area contributed by atoms with Gasteiger partial charge >= 0.3 is 0 Å². The lowest BCUT2D eigenvalue weighted by Crippen LogP contribution is -2.38. The molecule has 2 atom stereocenters. The topological polar surface area (TPSA) is 41.6 Å². The molecule has 1 aliphatic rings. The summed E-state index contributed by atoms with van der Waals surface area (Å²) in [6.07, 6.45) is 2.63. The molecular formula is C11H22N2O2. The van der Waals surface area contributed by atoms with E-state index in [1.807, 2.05) is 18.9 Å². The summed E-state index contributed by atoms with van der Waals surface area (Å²) >= 11 is 0. The molecule has 0 aromatic heterocycles. The molecule has 1 heterocycles. The molecule has 0 spiro atoms. The van der Waals surface area contributed by atoms with Gasteiger partial charge in [-0.2, -0.15) is 0 Å². The Bertz CT molecular complexity index is 203. The van der Waals surface area contributed by atoms with E-state index in [9.17, 15) is 4.79 Å². The fraction of sp³-hybridized carbons (Fsp3) is 0.909. The van der Waals surface area contributed by atoms with Crippen molar-refractivity contribution >= 4 is 5.91 Å². The van der Waals surface area contributed by atoms with Crippen LogP contribution in [0.25, 0.3) is 0 Å². The Balaban J connectivity index is 2.26. The summed E-state index contributed by atoms with van der Waals surface area (Å²) in [4.78, 5) is 13.7. The Morgan fingerprint density at radius 3 is 2.93 bits per heavy atom. The minimum Gasteiger partial charge on any atom is -0.382 e.